The molecule has 1 aromatic carbocycles. The summed E-state index contributed by atoms with van der Waals surface area (Å²) in [5.41, 5.74) is 2.96. The summed E-state index contributed by atoms with van der Waals surface area (Å²) in [6.45, 7) is 2.35. The van der Waals surface area contributed by atoms with E-state index in [9.17, 15) is 9.59 Å². The highest BCUT2D eigenvalue weighted by atomic mass is 16.2. The van der Waals surface area contributed by atoms with Gasteiger partial charge in [-0.1, -0.05) is 42.0 Å². The Morgan fingerprint density at radius 2 is 1.75 bits per heavy atom. The number of nitrogens with zero attached hydrogens (tertiary/aromatic N) is 1. The summed E-state index contributed by atoms with van der Waals surface area (Å²) in [5.74, 6) is -0.244. The number of rotatable bonds is 7. The molecule has 0 saturated heterocycles. The van der Waals surface area contributed by atoms with Crippen molar-refractivity contribution in [3.63, 3.8) is 0 Å². The number of aryl methyl sites for hydroxylation is 1. The zero-order chi connectivity index (χ0) is 17.2. The number of aromatic nitrogens is 1. The Balaban J connectivity index is 1.64. The van der Waals surface area contributed by atoms with Crippen LogP contribution in [0.1, 0.15) is 24.0 Å². The predicted molar refractivity (Wildman–Crippen MR) is 95.3 cm³/mol. The zero-order valence-corrected chi connectivity index (χ0v) is 13.7. The lowest BCUT2D eigenvalue weighted by Crippen LogP contribution is -2.27. The molecule has 0 unspecified atom stereocenters. The monoisotopic (exact) mass is 323 g/mol. The number of pyridine rings is 1. The van der Waals surface area contributed by atoms with E-state index >= 15 is 0 Å². The van der Waals surface area contributed by atoms with Gasteiger partial charge in [-0.15, -0.1) is 0 Å². The van der Waals surface area contributed by atoms with Crippen LogP contribution in [0.5, 0.6) is 0 Å². The van der Waals surface area contributed by atoms with Crippen molar-refractivity contribution in [2.45, 2.75) is 19.8 Å². The highest BCUT2D eigenvalue weighted by molar-refractivity contribution is 5.91. The van der Waals surface area contributed by atoms with E-state index in [4.69, 9.17) is 0 Å². The maximum atomic E-state index is 11.7. The third kappa shape index (κ3) is 6.44. The third-order valence-electron chi connectivity index (χ3n) is 3.33. The minimum Gasteiger partial charge on any atom is -0.355 e. The van der Waals surface area contributed by atoms with Gasteiger partial charge in [-0.05, 0) is 24.6 Å². The summed E-state index contributed by atoms with van der Waals surface area (Å²) >= 11 is 0. The van der Waals surface area contributed by atoms with Crippen molar-refractivity contribution in [1.82, 2.24) is 10.3 Å². The Bertz CT molecular complexity index is 694. The van der Waals surface area contributed by atoms with Crippen LogP contribution in [0.25, 0.3) is 6.08 Å². The summed E-state index contributed by atoms with van der Waals surface area (Å²) in [5, 5.41) is 5.47. The molecule has 5 nitrogen and oxygen atoms in total. The number of carbonyl (C=O) groups excluding carboxylic acids is 2. The standard InChI is InChI=1S/C19H21N3O2/c1-15-5-7-16(8-6-15)3-2-4-18(23)21-14-11-19(24)22-17-9-12-20-13-10-17/h2-3,5-10,12-13H,4,11,14H2,1H3,(H,21,23)(H,20,22,24). The summed E-state index contributed by atoms with van der Waals surface area (Å²) < 4.78 is 0. The molecule has 0 aliphatic rings. The summed E-state index contributed by atoms with van der Waals surface area (Å²) in [6, 6.07) is 11.5. The second-order valence-electron chi connectivity index (χ2n) is 5.40. The smallest absolute Gasteiger partial charge is 0.226 e. The lowest BCUT2D eigenvalue weighted by atomic mass is 10.1. The van der Waals surface area contributed by atoms with Gasteiger partial charge in [0, 0.05) is 37.5 Å². The van der Waals surface area contributed by atoms with Gasteiger partial charge in [0.05, 0.1) is 0 Å². The number of hydrogen-bond donors (Lipinski definition) is 2. The molecule has 2 amide bonds. The van der Waals surface area contributed by atoms with Crippen LogP contribution >= 0.6 is 0 Å². The molecule has 0 saturated carbocycles. The Labute approximate surface area is 141 Å². The van der Waals surface area contributed by atoms with Crippen LogP contribution in [0, 0.1) is 6.92 Å². The van der Waals surface area contributed by atoms with E-state index in [1.165, 1.54) is 5.56 Å². The van der Waals surface area contributed by atoms with Crippen LogP contribution in [0.2, 0.25) is 0 Å². The van der Waals surface area contributed by atoms with Crippen molar-refractivity contribution in [2.24, 2.45) is 0 Å². The van der Waals surface area contributed by atoms with E-state index in [1.807, 2.05) is 43.3 Å². The molecule has 0 radical (unpaired) electrons. The molecule has 2 rings (SSSR count). The second-order valence-corrected chi connectivity index (χ2v) is 5.40. The first-order valence-corrected chi connectivity index (χ1v) is 7.83. The number of nitrogens with one attached hydrogen (secondary N) is 2. The Hall–Kier alpha value is -2.95. The van der Waals surface area contributed by atoms with Crippen molar-refractivity contribution >= 4 is 23.6 Å². The van der Waals surface area contributed by atoms with Gasteiger partial charge in [0.2, 0.25) is 11.8 Å². The molecule has 0 bridgehead atoms. The molecular weight excluding hydrogens is 302 g/mol. The van der Waals surface area contributed by atoms with Gasteiger partial charge in [0.25, 0.3) is 0 Å². The molecule has 0 fully saturated rings. The van der Waals surface area contributed by atoms with Crippen molar-refractivity contribution in [1.29, 1.82) is 0 Å². The highest BCUT2D eigenvalue weighted by Gasteiger charge is 2.03. The topological polar surface area (TPSA) is 71.1 Å². The molecule has 0 spiro atoms. The van der Waals surface area contributed by atoms with Crippen LogP contribution in [0.15, 0.2) is 54.9 Å². The lowest BCUT2D eigenvalue weighted by molar-refractivity contribution is -0.120. The van der Waals surface area contributed by atoms with Crippen LogP contribution in [-0.2, 0) is 9.59 Å². The number of carbonyl (C=O) groups is 2. The predicted octanol–water partition coefficient (Wildman–Crippen LogP) is 2.94. The van der Waals surface area contributed by atoms with Crippen molar-refractivity contribution in [3.05, 3.63) is 66.0 Å². The first-order chi connectivity index (χ1) is 11.6. The molecule has 2 aromatic rings. The minimum absolute atomic E-state index is 0.102. The van der Waals surface area contributed by atoms with E-state index in [-0.39, 0.29) is 18.2 Å². The fraction of sp³-hybridized carbons (Fsp3) is 0.211. The fourth-order valence-corrected chi connectivity index (χ4v) is 2.03. The number of hydrogen-bond acceptors (Lipinski definition) is 3. The first kappa shape index (κ1) is 17.4. The minimum atomic E-state index is -0.142. The fourth-order valence-electron chi connectivity index (χ4n) is 2.03. The summed E-state index contributed by atoms with van der Waals surface area (Å²) in [4.78, 5) is 27.3. The van der Waals surface area contributed by atoms with E-state index in [0.29, 0.717) is 18.7 Å². The zero-order valence-electron chi connectivity index (χ0n) is 13.7. The molecule has 5 heteroatoms. The number of amides is 2. The van der Waals surface area contributed by atoms with Gasteiger partial charge in [-0.2, -0.15) is 0 Å². The Morgan fingerprint density at radius 3 is 2.46 bits per heavy atom. The molecule has 0 aliphatic carbocycles. The molecule has 2 N–H and O–H groups in total. The largest absolute Gasteiger partial charge is 0.355 e. The van der Waals surface area contributed by atoms with E-state index in [0.717, 1.165) is 5.56 Å². The van der Waals surface area contributed by atoms with E-state index in [2.05, 4.69) is 15.6 Å². The van der Waals surface area contributed by atoms with Gasteiger partial charge >= 0.3 is 0 Å². The van der Waals surface area contributed by atoms with E-state index in [1.54, 1.807) is 24.5 Å². The third-order valence-corrected chi connectivity index (χ3v) is 3.33. The average Bonchev–Trinajstić information content (AvgIpc) is 2.57. The van der Waals surface area contributed by atoms with Crippen molar-refractivity contribution < 1.29 is 9.59 Å². The van der Waals surface area contributed by atoms with Crippen molar-refractivity contribution in [3.8, 4) is 0 Å². The molecule has 1 aromatic heterocycles. The average molecular weight is 323 g/mol. The summed E-state index contributed by atoms with van der Waals surface area (Å²) in [6.07, 6.45) is 7.47. The van der Waals surface area contributed by atoms with Crippen LogP contribution in [-0.4, -0.2) is 23.3 Å². The Kier molecular flexibility index (Phi) is 6.71. The molecule has 0 aliphatic heterocycles. The summed E-state index contributed by atoms with van der Waals surface area (Å²) in [7, 11) is 0. The lowest BCUT2D eigenvalue weighted by Gasteiger charge is -2.05. The van der Waals surface area contributed by atoms with Gasteiger partial charge < -0.3 is 10.6 Å². The van der Waals surface area contributed by atoms with Crippen LogP contribution in [0.4, 0.5) is 5.69 Å². The van der Waals surface area contributed by atoms with Gasteiger partial charge in [0.15, 0.2) is 0 Å². The first-order valence-electron chi connectivity index (χ1n) is 7.83. The second kappa shape index (κ2) is 9.25. The highest BCUT2D eigenvalue weighted by Crippen LogP contribution is 2.05. The SMILES string of the molecule is Cc1ccc(C=CCC(=O)NCCC(=O)Nc2ccncc2)cc1. The molecule has 1 heterocycles. The molecule has 0 atom stereocenters. The van der Waals surface area contributed by atoms with Gasteiger partial charge in [-0.3, -0.25) is 14.6 Å². The molecule has 124 valence electrons. The van der Waals surface area contributed by atoms with Crippen LogP contribution < -0.4 is 10.6 Å². The molecule has 24 heavy (non-hydrogen) atoms. The maximum absolute atomic E-state index is 11.7. The normalized spacial score (nSPS) is 10.5. The maximum Gasteiger partial charge on any atom is 0.226 e. The van der Waals surface area contributed by atoms with Crippen molar-refractivity contribution in [2.75, 3.05) is 11.9 Å². The quantitative estimate of drug-likeness (QED) is 0.823. The number of benzene rings is 1. The van der Waals surface area contributed by atoms with E-state index < -0.39 is 0 Å². The Morgan fingerprint density at radius 1 is 1.04 bits per heavy atom. The molecular formula is C19H21N3O2. The van der Waals surface area contributed by atoms with Crippen LogP contribution in [0.3, 0.4) is 0 Å². The van der Waals surface area contributed by atoms with Gasteiger partial charge in [-0.25, -0.2) is 0 Å². The number of anilines is 1. The van der Waals surface area contributed by atoms with Gasteiger partial charge in [0.1, 0.15) is 0 Å².